The Morgan fingerprint density at radius 1 is 0.400 bits per heavy atom. The third-order valence-electron chi connectivity index (χ3n) is 9.80. The molecule has 272 valence electrons. The molecule has 0 spiro atoms. The van der Waals surface area contributed by atoms with Crippen LogP contribution in [0, 0.1) is 27.1 Å². The molecule has 0 saturated carbocycles. The molecular formula is C42H87NO2. The normalized spacial score (nSPS) is 15.7. The van der Waals surface area contributed by atoms with Gasteiger partial charge in [0.05, 0.1) is 22.4 Å². The van der Waals surface area contributed by atoms with Crippen LogP contribution in [-0.2, 0) is 9.47 Å². The van der Waals surface area contributed by atoms with E-state index < -0.39 is 0 Å². The average Bonchev–Trinajstić information content (AvgIpc) is 2.64. The first-order valence-corrected chi connectivity index (χ1v) is 18.5. The summed E-state index contributed by atoms with van der Waals surface area (Å²) < 4.78 is 13.8. The lowest BCUT2D eigenvalue weighted by Crippen LogP contribution is -2.50. The van der Waals surface area contributed by atoms with E-state index in [-0.39, 0.29) is 49.6 Å². The Morgan fingerprint density at radius 3 is 1.18 bits per heavy atom. The van der Waals surface area contributed by atoms with Crippen molar-refractivity contribution in [2.75, 3.05) is 13.6 Å². The summed E-state index contributed by atoms with van der Waals surface area (Å²) in [7, 11) is 2.33. The summed E-state index contributed by atoms with van der Waals surface area (Å²) in [6.07, 6.45) is 8.77. The van der Waals surface area contributed by atoms with Gasteiger partial charge in [-0.15, -0.1) is 0 Å². The van der Waals surface area contributed by atoms with E-state index in [0.29, 0.717) is 5.41 Å². The summed E-state index contributed by atoms with van der Waals surface area (Å²) in [6.45, 7) is 52.9. The zero-order chi connectivity index (χ0) is 36.4. The van der Waals surface area contributed by atoms with Gasteiger partial charge < -0.3 is 14.4 Å². The molecule has 0 unspecified atom stereocenters. The minimum atomic E-state index is -0.221. The van der Waals surface area contributed by atoms with Gasteiger partial charge in [0.15, 0.2) is 0 Å². The van der Waals surface area contributed by atoms with Gasteiger partial charge in [0.25, 0.3) is 0 Å². The van der Waals surface area contributed by atoms with E-state index in [1.54, 1.807) is 0 Å². The van der Waals surface area contributed by atoms with Crippen LogP contribution in [0.4, 0.5) is 0 Å². The zero-order valence-corrected chi connectivity index (χ0v) is 35.6. The van der Waals surface area contributed by atoms with Crippen molar-refractivity contribution in [2.24, 2.45) is 27.1 Å². The SMILES string of the molecule is CCC(C)(C)CC(C)(C)OC(C)(C)CCC(C)(C)CC(C)(C)OC(C)(C)CC(C)(C)CC(C)(C)N(C)CC(C)(C)CC(C)(C)C. The smallest absolute Gasteiger partial charge is 0.0638 e. The molecule has 0 bridgehead atoms. The highest BCUT2D eigenvalue weighted by atomic mass is 16.5. The topological polar surface area (TPSA) is 21.7 Å². The first kappa shape index (κ1) is 44.9. The second-order valence-electron chi connectivity index (χ2n) is 22.9. The van der Waals surface area contributed by atoms with Gasteiger partial charge in [0.2, 0.25) is 0 Å². The summed E-state index contributed by atoms with van der Waals surface area (Å²) in [5, 5.41) is 0. The van der Waals surface area contributed by atoms with Crippen molar-refractivity contribution < 1.29 is 9.47 Å². The van der Waals surface area contributed by atoms with Crippen LogP contribution in [0.1, 0.15) is 204 Å². The quantitative estimate of drug-likeness (QED) is 0.133. The second-order valence-corrected chi connectivity index (χ2v) is 22.9. The predicted molar refractivity (Wildman–Crippen MR) is 202 cm³/mol. The fourth-order valence-electron chi connectivity index (χ4n) is 9.68. The molecule has 0 radical (unpaired) electrons. The number of rotatable bonds is 20. The van der Waals surface area contributed by atoms with E-state index in [1.165, 1.54) is 12.8 Å². The van der Waals surface area contributed by atoms with Gasteiger partial charge in [0.1, 0.15) is 0 Å². The summed E-state index contributed by atoms with van der Waals surface area (Å²) in [5.41, 5.74) is 0.537. The van der Waals surface area contributed by atoms with Gasteiger partial charge in [-0.2, -0.15) is 0 Å². The molecule has 3 heteroatoms. The van der Waals surface area contributed by atoms with Gasteiger partial charge in [0, 0.05) is 12.1 Å². The molecule has 0 atom stereocenters. The van der Waals surface area contributed by atoms with E-state index in [4.69, 9.17) is 9.47 Å². The number of nitrogens with zero attached hydrogens (tertiary/aromatic N) is 1. The first-order valence-electron chi connectivity index (χ1n) is 18.5. The molecule has 3 nitrogen and oxygen atoms in total. The first-order chi connectivity index (χ1) is 19.3. The van der Waals surface area contributed by atoms with E-state index in [1.807, 2.05) is 0 Å². The maximum atomic E-state index is 7.04. The minimum absolute atomic E-state index is 0.0992. The van der Waals surface area contributed by atoms with Crippen LogP contribution in [0.3, 0.4) is 0 Å². The summed E-state index contributed by atoms with van der Waals surface area (Å²) in [5.74, 6) is 0. The van der Waals surface area contributed by atoms with Gasteiger partial charge in [-0.25, -0.2) is 0 Å². The van der Waals surface area contributed by atoms with E-state index in [9.17, 15) is 0 Å². The lowest BCUT2D eigenvalue weighted by molar-refractivity contribution is -0.160. The van der Waals surface area contributed by atoms with Crippen LogP contribution < -0.4 is 0 Å². The summed E-state index contributed by atoms with van der Waals surface area (Å²) >= 11 is 0. The van der Waals surface area contributed by atoms with Gasteiger partial charge in [-0.1, -0.05) is 89.5 Å². The molecule has 0 saturated heterocycles. The third-order valence-corrected chi connectivity index (χ3v) is 9.80. The highest BCUT2D eigenvalue weighted by Gasteiger charge is 2.42. The third kappa shape index (κ3) is 19.5. The second kappa shape index (κ2) is 14.8. The van der Waals surface area contributed by atoms with Crippen molar-refractivity contribution in [3.05, 3.63) is 0 Å². The molecule has 45 heavy (non-hydrogen) atoms. The molecule has 0 aromatic rings. The fraction of sp³-hybridized carbons (Fsp3) is 1.00. The Balaban J connectivity index is 5.38. The molecule has 0 aromatic carbocycles. The van der Waals surface area contributed by atoms with Crippen molar-refractivity contribution >= 4 is 0 Å². The highest BCUT2D eigenvalue weighted by molar-refractivity contribution is 4.94. The molecule has 0 fully saturated rings. The number of hydrogen-bond acceptors (Lipinski definition) is 3. The monoisotopic (exact) mass is 638 g/mol. The molecule has 0 amide bonds. The van der Waals surface area contributed by atoms with Crippen LogP contribution in [0.5, 0.6) is 0 Å². The van der Waals surface area contributed by atoms with E-state index in [2.05, 4.69) is 164 Å². The van der Waals surface area contributed by atoms with Gasteiger partial charge in [-0.3, -0.25) is 0 Å². The number of ether oxygens (including phenoxy) is 2. The zero-order valence-electron chi connectivity index (χ0n) is 35.6. The average molecular weight is 638 g/mol. The van der Waals surface area contributed by atoms with Crippen LogP contribution in [0.25, 0.3) is 0 Å². The van der Waals surface area contributed by atoms with E-state index >= 15 is 0 Å². The molecule has 0 aromatic heterocycles. The molecule has 0 aliphatic rings. The molecule has 0 aliphatic carbocycles. The van der Waals surface area contributed by atoms with Crippen LogP contribution in [0.2, 0.25) is 0 Å². The Labute approximate surface area is 286 Å². The lowest BCUT2D eigenvalue weighted by atomic mass is 9.71. The maximum absolute atomic E-state index is 7.04. The maximum Gasteiger partial charge on any atom is 0.0638 e. The van der Waals surface area contributed by atoms with Crippen LogP contribution in [0.15, 0.2) is 0 Å². The van der Waals surface area contributed by atoms with E-state index in [0.717, 1.165) is 45.1 Å². The highest BCUT2D eigenvalue weighted by Crippen LogP contribution is 2.44. The van der Waals surface area contributed by atoms with Crippen molar-refractivity contribution in [1.29, 1.82) is 0 Å². The van der Waals surface area contributed by atoms with Crippen molar-refractivity contribution in [1.82, 2.24) is 4.90 Å². The van der Waals surface area contributed by atoms with Crippen molar-refractivity contribution in [3.8, 4) is 0 Å². The number of hydrogen-bond donors (Lipinski definition) is 0. The Kier molecular flexibility index (Phi) is 14.7. The molecule has 0 N–H and O–H groups in total. The predicted octanol–water partition coefficient (Wildman–Crippen LogP) is 13.1. The molecule has 0 rings (SSSR count). The van der Waals surface area contributed by atoms with Crippen molar-refractivity contribution in [3.63, 3.8) is 0 Å². The van der Waals surface area contributed by atoms with Gasteiger partial charge >= 0.3 is 0 Å². The lowest BCUT2D eigenvalue weighted by Gasteiger charge is -2.48. The Morgan fingerprint density at radius 2 is 0.778 bits per heavy atom. The van der Waals surface area contributed by atoms with Gasteiger partial charge in [-0.05, 0) is 148 Å². The molecular weight excluding hydrogens is 550 g/mol. The van der Waals surface area contributed by atoms with Crippen LogP contribution >= 0.6 is 0 Å². The molecule has 0 aliphatic heterocycles. The Hall–Kier alpha value is -0.120. The van der Waals surface area contributed by atoms with Crippen molar-refractivity contribution in [2.45, 2.75) is 232 Å². The Bertz CT molecular complexity index is 892. The standard InChI is InChI=1S/C42H87NO2/c1-24-34(5,6)29-40(17,18)44-39(15,16)26-25-35(7,8)30-41(19,20)45-42(21,22)31-36(9,10)28-38(13,14)43(23)32-37(11,12)27-33(2,3)4/h24-32H2,1-23H3. The molecule has 0 heterocycles. The fourth-order valence-corrected chi connectivity index (χ4v) is 9.68. The minimum Gasteiger partial charge on any atom is -0.370 e. The summed E-state index contributed by atoms with van der Waals surface area (Å²) in [4.78, 5) is 2.61. The van der Waals surface area contributed by atoms with Crippen LogP contribution in [-0.4, -0.2) is 46.4 Å². The largest absolute Gasteiger partial charge is 0.370 e. The summed E-state index contributed by atoms with van der Waals surface area (Å²) in [6, 6.07) is 0.